The Morgan fingerprint density at radius 1 is 1.21 bits per heavy atom. The highest BCUT2D eigenvalue weighted by Crippen LogP contribution is 2.18. The van der Waals surface area contributed by atoms with E-state index >= 15 is 0 Å². The second-order valence-electron chi connectivity index (χ2n) is 3.73. The zero-order valence-corrected chi connectivity index (χ0v) is 9.03. The largest absolute Gasteiger partial charge is 0.316 e. The van der Waals surface area contributed by atoms with Crippen LogP contribution in [0.25, 0.3) is 0 Å². The summed E-state index contributed by atoms with van der Waals surface area (Å²) in [6.45, 7) is 0. The van der Waals surface area contributed by atoms with Gasteiger partial charge in [0.15, 0.2) is 0 Å². The first kappa shape index (κ1) is 11.2. The summed E-state index contributed by atoms with van der Waals surface area (Å²) in [4.78, 5) is 0. The van der Waals surface area contributed by atoms with Crippen LogP contribution >= 0.6 is 0 Å². The SMILES string of the molecule is C[N+](C)(CS(=O)(=O)O)c1ccccc1. The van der Waals surface area contributed by atoms with E-state index in [0.717, 1.165) is 5.69 Å². The number of hydrogen-bond donors (Lipinski definition) is 1. The van der Waals surface area contributed by atoms with E-state index in [1.54, 1.807) is 14.1 Å². The molecule has 0 fully saturated rings. The molecule has 0 amide bonds. The smallest absolute Gasteiger partial charge is 0.281 e. The molecule has 1 N–H and O–H groups in total. The van der Waals surface area contributed by atoms with Crippen molar-refractivity contribution in [3.8, 4) is 0 Å². The molecule has 5 heteroatoms. The monoisotopic (exact) mass is 216 g/mol. The van der Waals surface area contributed by atoms with E-state index in [0.29, 0.717) is 0 Å². The van der Waals surface area contributed by atoms with Crippen LogP contribution in [0.3, 0.4) is 0 Å². The van der Waals surface area contributed by atoms with Gasteiger partial charge in [-0.1, -0.05) is 18.2 Å². The van der Waals surface area contributed by atoms with Crippen LogP contribution in [0.5, 0.6) is 0 Å². The van der Waals surface area contributed by atoms with Crippen molar-refractivity contribution >= 4 is 15.8 Å². The average molecular weight is 216 g/mol. The molecule has 1 aromatic carbocycles. The van der Waals surface area contributed by atoms with Crippen LogP contribution < -0.4 is 4.48 Å². The summed E-state index contributed by atoms with van der Waals surface area (Å²) in [6.07, 6.45) is 0. The summed E-state index contributed by atoms with van der Waals surface area (Å²) in [5.41, 5.74) is 0.838. The number of nitrogens with zero attached hydrogens (tertiary/aromatic N) is 1. The van der Waals surface area contributed by atoms with Crippen molar-refractivity contribution in [2.45, 2.75) is 0 Å². The van der Waals surface area contributed by atoms with Crippen molar-refractivity contribution in [1.29, 1.82) is 0 Å². The van der Waals surface area contributed by atoms with Crippen LogP contribution in [-0.2, 0) is 10.1 Å². The van der Waals surface area contributed by atoms with Gasteiger partial charge in [-0.2, -0.15) is 8.42 Å². The summed E-state index contributed by atoms with van der Waals surface area (Å²) >= 11 is 0. The number of rotatable bonds is 3. The predicted octanol–water partition coefficient (Wildman–Crippen LogP) is 1.10. The standard InChI is InChI=1S/C9H13NO3S/c1-10(2,8-14(11,12)13)9-6-4-3-5-7-9/h3-7H,8H2,1-2H3/p+1. The van der Waals surface area contributed by atoms with E-state index in [1.807, 2.05) is 30.3 Å². The van der Waals surface area contributed by atoms with E-state index in [4.69, 9.17) is 4.55 Å². The van der Waals surface area contributed by atoms with Crippen LogP contribution in [0, 0.1) is 0 Å². The molecule has 0 aromatic heterocycles. The van der Waals surface area contributed by atoms with Gasteiger partial charge in [-0.05, 0) is 12.1 Å². The molecular weight excluding hydrogens is 202 g/mol. The molecule has 0 bridgehead atoms. The van der Waals surface area contributed by atoms with Crippen molar-refractivity contribution in [3.63, 3.8) is 0 Å². The minimum atomic E-state index is -3.96. The molecule has 4 nitrogen and oxygen atoms in total. The van der Waals surface area contributed by atoms with Gasteiger partial charge in [0, 0.05) is 0 Å². The Morgan fingerprint density at radius 3 is 2.14 bits per heavy atom. The van der Waals surface area contributed by atoms with Gasteiger partial charge < -0.3 is 0 Å². The zero-order chi connectivity index (χ0) is 10.8. The van der Waals surface area contributed by atoms with E-state index < -0.39 is 10.1 Å². The minimum absolute atomic E-state index is 0.111. The minimum Gasteiger partial charge on any atom is -0.281 e. The van der Waals surface area contributed by atoms with E-state index in [2.05, 4.69) is 0 Å². The molecule has 0 radical (unpaired) electrons. The molecule has 0 unspecified atom stereocenters. The zero-order valence-electron chi connectivity index (χ0n) is 8.21. The van der Waals surface area contributed by atoms with Gasteiger partial charge in [0.2, 0.25) is 5.88 Å². The third-order valence-corrected chi connectivity index (χ3v) is 2.91. The Morgan fingerprint density at radius 2 is 1.71 bits per heavy atom. The fourth-order valence-electron chi connectivity index (χ4n) is 1.31. The van der Waals surface area contributed by atoms with E-state index in [9.17, 15) is 8.42 Å². The Kier molecular flexibility index (Phi) is 2.94. The Labute approximate surface area is 84.1 Å². The molecule has 0 atom stereocenters. The van der Waals surface area contributed by atoms with Gasteiger partial charge in [-0.25, -0.2) is 0 Å². The molecule has 0 heterocycles. The summed E-state index contributed by atoms with van der Waals surface area (Å²) < 4.78 is 30.4. The Hall–Kier alpha value is -0.910. The number of quaternary nitrogens is 1. The normalized spacial score (nSPS) is 12.8. The highest BCUT2D eigenvalue weighted by molar-refractivity contribution is 7.85. The highest BCUT2D eigenvalue weighted by atomic mass is 32.2. The van der Waals surface area contributed by atoms with Crippen molar-refractivity contribution in [2.24, 2.45) is 0 Å². The maximum atomic E-state index is 10.8. The van der Waals surface area contributed by atoms with Gasteiger partial charge in [-0.3, -0.25) is 9.04 Å². The molecule has 0 saturated heterocycles. The van der Waals surface area contributed by atoms with Crippen LogP contribution in [-0.4, -0.2) is 32.9 Å². The number of para-hydroxylation sites is 1. The molecule has 0 aliphatic rings. The van der Waals surface area contributed by atoms with E-state index in [1.165, 1.54) is 0 Å². The van der Waals surface area contributed by atoms with Crippen LogP contribution in [0.2, 0.25) is 0 Å². The summed E-state index contributed by atoms with van der Waals surface area (Å²) in [6, 6.07) is 9.17. The first-order valence-electron chi connectivity index (χ1n) is 4.15. The highest BCUT2D eigenvalue weighted by Gasteiger charge is 2.25. The first-order valence-corrected chi connectivity index (χ1v) is 5.76. The molecule has 78 valence electrons. The second-order valence-corrected chi connectivity index (χ2v) is 5.15. The fourth-order valence-corrected chi connectivity index (χ4v) is 2.28. The van der Waals surface area contributed by atoms with Gasteiger partial charge >= 0.3 is 10.1 Å². The molecule has 14 heavy (non-hydrogen) atoms. The van der Waals surface area contributed by atoms with Crippen molar-refractivity contribution < 1.29 is 13.0 Å². The number of benzene rings is 1. The molecule has 0 aliphatic heterocycles. The lowest BCUT2D eigenvalue weighted by Gasteiger charge is -2.27. The maximum absolute atomic E-state index is 10.8. The molecule has 0 saturated carbocycles. The van der Waals surface area contributed by atoms with Crippen molar-refractivity contribution in [2.75, 3.05) is 20.0 Å². The molecule has 0 spiro atoms. The van der Waals surface area contributed by atoms with Crippen LogP contribution in [0.4, 0.5) is 5.69 Å². The molecule has 1 rings (SSSR count). The van der Waals surface area contributed by atoms with Gasteiger partial charge in [0.1, 0.15) is 5.69 Å². The van der Waals surface area contributed by atoms with Gasteiger partial charge in [0.25, 0.3) is 0 Å². The molecule has 0 aliphatic carbocycles. The lowest BCUT2D eigenvalue weighted by Crippen LogP contribution is -2.44. The predicted molar refractivity (Wildman–Crippen MR) is 56.5 cm³/mol. The quantitative estimate of drug-likeness (QED) is 0.608. The Bertz CT molecular complexity index is 397. The first-order chi connectivity index (χ1) is 6.31. The summed E-state index contributed by atoms with van der Waals surface area (Å²) in [5.74, 6) is -0.322. The van der Waals surface area contributed by atoms with Crippen molar-refractivity contribution in [1.82, 2.24) is 4.48 Å². The maximum Gasteiger partial charge on any atom is 0.316 e. The Balaban J connectivity index is 2.97. The van der Waals surface area contributed by atoms with Gasteiger partial charge in [0.05, 0.1) is 14.1 Å². The third kappa shape index (κ3) is 3.10. The average Bonchev–Trinajstić information content (AvgIpc) is 2.01. The lowest BCUT2D eigenvalue weighted by molar-refractivity contribution is 0.411. The summed E-state index contributed by atoms with van der Waals surface area (Å²) in [5, 5.41) is 0. The van der Waals surface area contributed by atoms with Crippen LogP contribution in [0.1, 0.15) is 0 Å². The topological polar surface area (TPSA) is 54.4 Å². The summed E-state index contributed by atoms with van der Waals surface area (Å²) in [7, 11) is -0.507. The van der Waals surface area contributed by atoms with Crippen LogP contribution in [0.15, 0.2) is 30.3 Å². The number of hydrogen-bond acceptors (Lipinski definition) is 2. The van der Waals surface area contributed by atoms with Gasteiger partial charge in [-0.15, -0.1) is 0 Å². The second kappa shape index (κ2) is 3.68. The fraction of sp³-hybridized carbons (Fsp3) is 0.333. The third-order valence-electron chi connectivity index (χ3n) is 1.94. The molecular formula is C9H14NO3S+. The lowest BCUT2D eigenvalue weighted by atomic mass is 10.3. The van der Waals surface area contributed by atoms with E-state index in [-0.39, 0.29) is 10.4 Å². The molecule has 1 aromatic rings. The van der Waals surface area contributed by atoms with Crippen molar-refractivity contribution in [3.05, 3.63) is 30.3 Å².